The third-order valence-electron chi connectivity index (χ3n) is 4.08. The predicted octanol–water partition coefficient (Wildman–Crippen LogP) is 3.66. The Morgan fingerprint density at radius 3 is 2.50 bits per heavy atom. The summed E-state index contributed by atoms with van der Waals surface area (Å²) in [6.45, 7) is 4.05. The summed E-state index contributed by atoms with van der Waals surface area (Å²) in [6.07, 6.45) is 1.99. The minimum atomic E-state index is -1.14. The molecule has 0 radical (unpaired) electrons. The second-order valence-electron chi connectivity index (χ2n) is 5.85. The molecule has 1 aliphatic heterocycles. The Morgan fingerprint density at radius 2 is 1.88 bits per heavy atom. The van der Waals surface area contributed by atoms with Gasteiger partial charge in [-0.15, -0.1) is 0 Å². The van der Waals surface area contributed by atoms with Crippen molar-refractivity contribution >= 4 is 43.7 Å². The molecular weight excluding hydrogens is 462 g/mol. The van der Waals surface area contributed by atoms with Crippen LogP contribution < -0.4 is 15.8 Å². The van der Waals surface area contributed by atoms with Gasteiger partial charge in [0.25, 0.3) is 5.91 Å². The van der Waals surface area contributed by atoms with Crippen molar-refractivity contribution in [2.45, 2.75) is 12.0 Å². The minimum absolute atomic E-state index is 0.112. The maximum Gasteiger partial charge on any atom is 0.259 e. The summed E-state index contributed by atoms with van der Waals surface area (Å²) in [6, 6.07) is 13.2. The Kier molecular flexibility index (Phi) is 5.48. The van der Waals surface area contributed by atoms with Crippen LogP contribution in [0, 0.1) is 0 Å². The molecule has 0 saturated carbocycles. The standard InChI is InChI=1S/C19H17Br2N3O2/c1-2-9-26-16-8-7-15(21)10-12(16)11-19(17(25)23-18(22)24-19)13-3-5-14(20)6-4-13/h2-8,10H,1,9,11H2,(H3,22,23,24,25). The number of nitrogens with one attached hydrogen (secondary N) is 1. The van der Waals surface area contributed by atoms with Crippen LogP contribution >= 0.6 is 31.9 Å². The van der Waals surface area contributed by atoms with Gasteiger partial charge in [-0.3, -0.25) is 10.1 Å². The second kappa shape index (κ2) is 7.63. The van der Waals surface area contributed by atoms with Crippen molar-refractivity contribution in [3.05, 3.63) is 75.2 Å². The molecule has 1 unspecified atom stereocenters. The van der Waals surface area contributed by atoms with E-state index in [2.05, 4.69) is 48.7 Å². The van der Waals surface area contributed by atoms with Gasteiger partial charge in [-0.1, -0.05) is 56.6 Å². The van der Waals surface area contributed by atoms with E-state index in [1.54, 1.807) is 6.08 Å². The van der Waals surface area contributed by atoms with Crippen LogP contribution in [0.2, 0.25) is 0 Å². The molecule has 2 aromatic carbocycles. The van der Waals surface area contributed by atoms with Crippen molar-refractivity contribution in [3.63, 3.8) is 0 Å². The summed E-state index contributed by atoms with van der Waals surface area (Å²) >= 11 is 6.90. The lowest BCUT2D eigenvalue weighted by atomic mass is 9.84. The average molecular weight is 479 g/mol. The predicted molar refractivity (Wildman–Crippen MR) is 109 cm³/mol. The first-order valence-electron chi connectivity index (χ1n) is 7.89. The quantitative estimate of drug-likeness (QED) is 0.622. The first-order chi connectivity index (χ1) is 12.4. The molecule has 1 aliphatic rings. The largest absolute Gasteiger partial charge is 0.489 e. The lowest BCUT2D eigenvalue weighted by Crippen LogP contribution is -2.40. The normalized spacial score (nSPS) is 19.0. The van der Waals surface area contributed by atoms with E-state index in [9.17, 15) is 4.79 Å². The average Bonchev–Trinajstić information content (AvgIpc) is 2.89. The summed E-state index contributed by atoms with van der Waals surface area (Å²) in [5, 5.41) is 2.63. The van der Waals surface area contributed by atoms with Crippen molar-refractivity contribution in [2.24, 2.45) is 10.7 Å². The summed E-state index contributed by atoms with van der Waals surface area (Å²) in [7, 11) is 0. The highest BCUT2D eigenvalue weighted by Crippen LogP contribution is 2.37. The van der Waals surface area contributed by atoms with Gasteiger partial charge >= 0.3 is 0 Å². The monoisotopic (exact) mass is 477 g/mol. The van der Waals surface area contributed by atoms with Gasteiger partial charge < -0.3 is 10.5 Å². The Bertz CT molecular complexity index is 881. The Hall–Kier alpha value is -2.12. The van der Waals surface area contributed by atoms with Crippen LogP contribution in [0.3, 0.4) is 0 Å². The van der Waals surface area contributed by atoms with E-state index in [1.165, 1.54) is 0 Å². The molecule has 1 amide bonds. The molecule has 1 heterocycles. The van der Waals surface area contributed by atoms with E-state index < -0.39 is 5.54 Å². The van der Waals surface area contributed by atoms with Crippen LogP contribution in [0.15, 0.2) is 69.1 Å². The van der Waals surface area contributed by atoms with Gasteiger partial charge in [0.1, 0.15) is 12.4 Å². The van der Waals surface area contributed by atoms with Crippen LogP contribution in [0.1, 0.15) is 11.1 Å². The van der Waals surface area contributed by atoms with Gasteiger partial charge in [-0.25, -0.2) is 4.99 Å². The molecule has 0 bridgehead atoms. The molecule has 0 fully saturated rings. The first kappa shape index (κ1) is 18.7. The number of hydrogen-bond acceptors (Lipinski definition) is 4. The molecule has 7 heteroatoms. The fourth-order valence-electron chi connectivity index (χ4n) is 2.90. The molecular formula is C19H17Br2N3O2. The van der Waals surface area contributed by atoms with Crippen LogP contribution in [-0.4, -0.2) is 18.5 Å². The number of halogens is 2. The van der Waals surface area contributed by atoms with Crippen molar-refractivity contribution < 1.29 is 9.53 Å². The zero-order chi connectivity index (χ0) is 18.7. The van der Waals surface area contributed by atoms with Crippen LogP contribution in [0.25, 0.3) is 0 Å². The van der Waals surface area contributed by atoms with Crippen molar-refractivity contribution in [3.8, 4) is 5.75 Å². The number of benzene rings is 2. The number of rotatable bonds is 6. The van der Waals surface area contributed by atoms with Gasteiger partial charge in [0.2, 0.25) is 0 Å². The van der Waals surface area contributed by atoms with Gasteiger partial charge in [0, 0.05) is 15.4 Å². The number of amides is 1. The number of ether oxygens (including phenoxy) is 1. The summed E-state index contributed by atoms with van der Waals surface area (Å²) in [4.78, 5) is 17.3. The molecule has 2 aromatic rings. The van der Waals surface area contributed by atoms with Crippen LogP contribution in [0.5, 0.6) is 5.75 Å². The fourth-order valence-corrected chi connectivity index (χ4v) is 3.57. The van der Waals surface area contributed by atoms with Gasteiger partial charge in [0.05, 0.1) is 0 Å². The first-order valence-corrected chi connectivity index (χ1v) is 9.48. The number of carbonyl (C=O) groups excluding carboxylic acids is 1. The van der Waals surface area contributed by atoms with E-state index in [4.69, 9.17) is 10.5 Å². The summed E-state index contributed by atoms with van der Waals surface area (Å²) in [5.41, 5.74) is 6.29. The number of hydrogen-bond donors (Lipinski definition) is 2. The third kappa shape index (κ3) is 3.68. The smallest absolute Gasteiger partial charge is 0.259 e. The molecule has 5 nitrogen and oxygen atoms in total. The number of nitrogens with two attached hydrogens (primary N) is 1. The number of nitrogens with zero attached hydrogens (tertiary/aromatic N) is 1. The van der Waals surface area contributed by atoms with Crippen molar-refractivity contribution in [2.75, 3.05) is 6.61 Å². The summed E-state index contributed by atoms with van der Waals surface area (Å²) < 4.78 is 7.57. The zero-order valence-electron chi connectivity index (χ0n) is 13.8. The number of aliphatic imine (C=N–C) groups is 1. The van der Waals surface area contributed by atoms with Gasteiger partial charge in [-0.05, 0) is 41.5 Å². The maximum absolute atomic E-state index is 12.8. The van der Waals surface area contributed by atoms with E-state index in [0.717, 1.165) is 20.1 Å². The second-order valence-corrected chi connectivity index (χ2v) is 7.68. The van der Waals surface area contributed by atoms with E-state index >= 15 is 0 Å². The van der Waals surface area contributed by atoms with Crippen LogP contribution in [0.4, 0.5) is 0 Å². The number of guanidine groups is 1. The molecule has 0 aromatic heterocycles. The lowest BCUT2D eigenvalue weighted by molar-refractivity contribution is -0.124. The highest BCUT2D eigenvalue weighted by Gasteiger charge is 2.45. The maximum atomic E-state index is 12.8. The third-order valence-corrected chi connectivity index (χ3v) is 5.10. The molecule has 26 heavy (non-hydrogen) atoms. The van der Waals surface area contributed by atoms with Gasteiger partial charge in [-0.2, -0.15) is 0 Å². The summed E-state index contributed by atoms with van der Waals surface area (Å²) in [5.74, 6) is 0.534. The molecule has 3 rings (SSSR count). The molecule has 0 saturated heterocycles. The van der Waals surface area contributed by atoms with E-state index in [0.29, 0.717) is 18.8 Å². The van der Waals surface area contributed by atoms with Gasteiger partial charge in [0.15, 0.2) is 11.5 Å². The number of carbonyl (C=O) groups is 1. The molecule has 1 atom stereocenters. The topological polar surface area (TPSA) is 76.7 Å². The zero-order valence-corrected chi connectivity index (χ0v) is 17.0. The Balaban J connectivity index is 2.08. The highest BCUT2D eigenvalue weighted by atomic mass is 79.9. The molecule has 134 valence electrons. The van der Waals surface area contributed by atoms with Crippen LogP contribution in [-0.2, 0) is 16.8 Å². The highest BCUT2D eigenvalue weighted by molar-refractivity contribution is 9.10. The SMILES string of the molecule is C=CCOc1ccc(Br)cc1CC1(c2ccc(Br)cc2)N=C(N)NC1=O. The molecule has 0 spiro atoms. The fraction of sp³-hybridized carbons (Fsp3) is 0.158. The Labute approximate surface area is 168 Å². The van der Waals surface area contributed by atoms with Crippen molar-refractivity contribution in [1.82, 2.24) is 5.32 Å². The van der Waals surface area contributed by atoms with E-state index in [-0.39, 0.29) is 11.9 Å². The molecule has 3 N–H and O–H groups in total. The lowest BCUT2D eigenvalue weighted by Gasteiger charge is -2.25. The van der Waals surface area contributed by atoms with Crippen molar-refractivity contribution in [1.29, 1.82) is 0 Å². The molecule has 0 aliphatic carbocycles. The van der Waals surface area contributed by atoms with E-state index in [1.807, 2.05) is 42.5 Å². The minimum Gasteiger partial charge on any atom is -0.489 e. The Morgan fingerprint density at radius 1 is 1.19 bits per heavy atom.